The molecule has 3 aliphatic rings. The highest BCUT2D eigenvalue weighted by Crippen LogP contribution is 2.47. The summed E-state index contributed by atoms with van der Waals surface area (Å²) in [5.41, 5.74) is -1.39. The average Bonchev–Trinajstić information content (AvgIpc) is 2.57. The van der Waals surface area contributed by atoms with Crippen molar-refractivity contribution in [2.75, 3.05) is 0 Å². The number of hydrogen-bond donors (Lipinski definition) is 0. The van der Waals surface area contributed by atoms with E-state index < -0.39 is 17.5 Å². The normalized spacial score (nSPS) is 40.6. The first-order chi connectivity index (χ1) is 10.1. The Morgan fingerprint density at radius 2 is 1.68 bits per heavy atom. The second-order valence-corrected chi connectivity index (χ2v) is 8.41. The van der Waals surface area contributed by atoms with Gasteiger partial charge in [-0.3, -0.25) is 14.4 Å². The maximum atomic E-state index is 12.4. The second-order valence-electron chi connectivity index (χ2n) is 8.41. The van der Waals surface area contributed by atoms with Crippen LogP contribution in [-0.2, 0) is 19.2 Å². The number of carbonyl (C=O) groups excluding carboxylic acids is 2. The third-order valence-electron chi connectivity index (χ3n) is 5.72. The molecule has 2 bridgehead atoms. The Balaban J connectivity index is 1.91. The topological polar surface area (TPSA) is 55.8 Å². The molecule has 0 amide bonds. The third kappa shape index (κ3) is 2.13. The van der Waals surface area contributed by atoms with Crippen LogP contribution in [0.2, 0.25) is 0 Å². The lowest BCUT2D eigenvalue weighted by Crippen LogP contribution is -2.62. The molecule has 3 fully saturated rings. The zero-order chi connectivity index (χ0) is 16.3. The molecular weight excluding hydrogens is 282 g/mol. The molecule has 2 saturated heterocycles. The van der Waals surface area contributed by atoms with Crippen molar-refractivity contribution in [2.45, 2.75) is 90.0 Å². The van der Waals surface area contributed by atoms with Crippen LogP contribution in [-0.4, -0.2) is 40.1 Å². The first-order valence-electron chi connectivity index (χ1n) is 8.30. The molecule has 1 saturated carbocycles. The first kappa shape index (κ1) is 15.9. The van der Waals surface area contributed by atoms with Crippen molar-refractivity contribution in [3.05, 3.63) is 0 Å². The minimum absolute atomic E-state index is 0.0520. The lowest BCUT2D eigenvalue weighted by atomic mass is 9.73. The number of fused-ring (bicyclic) bond motifs is 2. The number of Topliss-reactive ketones (excluding diaryl/α,β-unsaturated/α-hetero) is 1. The van der Waals surface area contributed by atoms with Crippen molar-refractivity contribution in [3.63, 3.8) is 0 Å². The smallest absolute Gasteiger partial charge is 0.322 e. The van der Waals surface area contributed by atoms with E-state index in [-0.39, 0.29) is 23.0 Å². The van der Waals surface area contributed by atoms with Crippen molar-refractivity contribution in [1.82, 2.24) is 5.06 Å². The van der Waals surface area contributed by atoms with Crippen LogP contribution in [0.1, 0.15) is 66.7 Å². The highest BCUT2D eigenvalue weighted by Gasteiger charge is 2.64. The maximum absolute atomic E-state index is 12.4. The Morgan fingerprint density at radius 1 is 1.09 bits per heavy atom. The molecule has 1 aliphatic carbocycles. The Hall–Kier alpha value is -0.940. The number of nitrogens with zero attached hydrogens (tertiary/aromatic N) is 1. The molecule has 2 heterocycles. The molecule has 3 rings (SSSR count). The van der Waals surface area contributed by atoms with Crippen LogP contribution in [0.25, 0.3) is 0 Å². The summed E-state index contributed by atoms with van der Waals surface area (Å²) in [6.07, 6.45) is 3.39. The summed E-state index contributed by atoms with van der Waals surface area (Å²) < 4.78 is 5.44. The monoisotopic (exact) mass is 309 g/mol. The molecule has 0 aromatic carbocycles. The largest absolute Gasteiger partial charge is 0.459 e. The van der Waals surface area contributed by atoms with Gasteiger partial charge in [0.25, 0.3) is 0 Å². The van der Waals surface area contributed by atoms with E-state index in [4.69, 9.17) is 9.57 Å². The predicted molar refractivity (Wildman–Crippen MR) is 80.9 cm³/mol. The number of hydrogen-bond acceptors (Lipinski definition) is 5. The van der Waals surface area contributed by atoms with E-state index in [2.05, 4.69) is 27.7 Å². The van der Waals surface area contributed by atoms with Gasteiger partial charge in [0.2, 0.25) is 0 Å². The molecule has 2 aliphatic heterocycles. The third-order valence-corrected chi connectivity index (χ3v) is 5.72. The lowest BCUT2D eigenvalue weighted by Gasteiger charge is -2.53. The molecule has 124 valence electrons. The van der Waals surface area contributed by atoms with Gasteiger partial charge in [-0.2, -0.15) is 5.06 Å². The van der Waals surface area contributed by atoms with Gasteiger partial charge in [0.15, 0.2) is 11.2 Å². The molecule has 0 spiro atoms. The van der Waals surface area contributed by atoms with E-state index in [1.54, 1.807) is 6.92 Å². The SMILES string of the molecule is CC1(C)CCCC(C)(C)N1O[C@H]1[C@H]2CCC(=O)[C@]1(C)C(=O)O2. The van der Waals surface area contributed by atoms with E-state index in [1.165, 1.54) is 0 Å². The van der Waals surface area contributed by atoms with Crippen molar-refractivity contribution in [2.24, 2.45) is 5.41 Å². The number of rotatable bonds is 2. The van der Waals surface area contributed by atoms with Gasteiger partial charge in [0, 0.05) is 17.5 Å². The van der Waals surface area contributed by atoms with E-state index in [1.807, 2.05) is 5.06 Å². The Labute approximate surface area is 132 Å². The molecule has 5 nitrogen and oxygen atoms in total. The summed E-state index contributed by atoms with van der Waals surface area (Å²) in [6.45, 7) is 10.3. The highest BCUT2D eigenvalue weighted by atomic mass is 16.7. The van der Waals surface area contributed by atoms with Gasteiger partial charge in [0.05, 0.1) is 0 Å². The quantitative estimate of drug-likeness (QED) is 0.580. The first-order valence-corrected chi connectivity index (χ1v) is 8.30. The van der Waals surface area contributed by atoms with Crippen LogP contribution >= 0.6 is 0 Å². The number of ketones is 1. The number of piperidine rings is 1. The Bertz CT molecular complexity index is 487. The molecule has 0 aromatic heterocycles. The van der Waals surface area contributed by atoms with E-state index in [9.17, 15) is 9.59 Å². The molecule has 5 heteroatoms. The fourth-order valence-electron chi connectivity index (χ4n) is 4.37. The summed E-state index contributed by atoms with van der Waals surface area (Å²) in [4.78, 5) is 30.9. The average molecular weight is 309 g/mol. The Kier molecular flexibility index (Phi) is 3.46. The maximum Gasteiger partial charge on any atom is 0.322 e. The van der Waals surface area contributed by atoms with Crippen LogP contribution in [0.3, 0.4) is 0 Å². The van der Waals surface area contributed by atoms with Gasteiger partial charge < -0.3 is 4.74 Å². The van der Waals surface area contributed by atoms with Crippen LogP contribution < -0.4 is 0 Å². The van der Waals surface area contributed by atoms with Gasteiger partial charge in [-0.1, -0.05) is 0 Å². The minimum Gasteiger partial charge on any atom is -0.459 e. The van der Waals surface area contributed by atoms with Gasteiger partial charge in [0.1, 0.15) is 12.2 Å². The van der Waals surface area contributed by atoms with Crippen LogP contribution in [0, 0.1) is 5.41 Å². The van der Waals surface area contributed by atoms with E-state index in [0.717, 1.165) is 19.3 Å². The van der Waals surface area contributed by atoms with Crippen molar-refractivity contribution < 1.29 is 19.2 Å². The number of carbonyl (C=O) groups is 2. The summed E-state index contributed by atoms with van der Waals surface area (Å²) >= 11 is 0. The number of esters is 1. The lowest BCUT2D eigenvalue weighted by molar-refractivity contribution is -0.321. The second kappa shape index (κ2) is 4.78. The van der Waals surface area contributed by atoms with Crippen molar-refractivity contribution in [3.8, 4) is 0 Å². The molecule has 0 aromatic rings. The van der Waals surface area contributed by atoms with Crippen molar-refractivity contribution >= 4 is 11.8 Å². The minimum atomic E-state index is -1.15. The fraction of sp³-hybridized carbons (Fsp3) is 0.882. The van der Waals surface area contributed by atoms with Crippen molar-refractivity contribution in [1.29, 1.82) is 0 Å². The van der Waals surface area contributed by atoms with Gasteiger partial charge >= 0.3 is 5.97 Å². The van der Waals surface area contributed by atoms with Crippen LogP contribution in [0.15, 0.2) is 0 Å². The summed E-state index contributed by atoms with van der Waals surface area (Å²) in [5, 5.41) is 2.03. The molecule has 0 unspecified atom stereocenters. The number of hydroxylamine groups is 2. The summed E-state index contributed by atoms with van der Waals surface area (Å²) in [5.74, 6) is -0.471. The zero-order valence-corrected chi connectivity index (χ0v) is 14.3. The molecule has 22 heavy (non-hydrogen) atoms. The molecule has 3 atom stereocenters. The van der Waals surface area contributed by atoms with Crippen LogP contribution in [0.5, 0.6) is 0 Å². The summed E-state index contributed by atoms with van der Waals surface area (Å²) in [6, 6.07) is 0. The predicted octanol–water partition coefficient (Wildman–Crippen LogP) is 2.62. The van der Waals surface area contributed by atoms with Gasteiger partial charge in [-0.05, 0) is 60.3 Å². The number of ether oxygens (including phenoxy) is 1. The van der Waals surface area contributed by atoms with Crippen LogP contribution in [0.4, 0.5) is 0 Å². The zero-order valence-electron chi connectivity index (χ0n) is 14.3. The van der Waals surface area contributed by atoms with E-state index in [0.29, 0.717) is 12.8 Å². The summed E-state index contributed by atoms with van der Waals surface area (Å²) in [7, 11) is 0. The molecule has 0 N–H and O–H groups in total. The van der Waals surface area contributed by atoms with E-state index >= 15 is 0 Å². The highest BCUT2D eigenvalue weighted by molar-refractivity contribution is 6.06. The Morgan fingerprint density at radius 3 is 2.27 bits per heavy atom. The molecule has 0 radical (unpaired) electrons. The fourth-order valence-corrected chi connectivity index (χ4v) is 4.37. The molecular formula is C17H27NO4. The van der Waals surface area contributed by atoms with Gasteiger partial charge in [-0.25, -0.2) is 0 Å². The van der Waals surface area contributed by atoms with Gasteiger partial charge in [-0.15, -0.1) is 0 Å². The standard InChI is InChI=1S/C17H27NO4/c1-15(2)9-6-10-16(3,4)18(15)22-13-11-7-8-12(19)17(13,5)14(20)21-11/h11,13H,6-10H2,1-5H3/t11-,13+,17+/m1/s1.